The van der Waals surface area contributed by atoms with Crippen molar-refractivity contribution in [2.45, 2.75) is 62.7 Å². The third kappa shape index (κ3) is 6.60. The van der Waals surface area contributed by atoms with Crippen LogP contribution >= 0.6 is 0 Å². The molecule has 11 nitrogen and oxygen atoms in total. The molecule has 3 heterocycles. The van der Waals surface area contributed by atoms with Crippen molar-refractivity contribution in [2.24, 2.45) is 5.73 Å². The highest BCUT2D eigenvalue weighted by Gasteiger charge is 2.27. The van der Waals surface area contributed by atoms with Gasteiger partial charge in [-0.05, 0) is 50.2 Å². The van der Waals surface area contributed by atoms with E-state index in [4.69, 9.17) is 5.73 Å². The maximum Gasteiger partial charge on any atom is 0.276 e. The number of hydrogen-bond donors (Lipinski definition) is 5. The Morgan fingerprint density at radius 2 is 1.76 bits per heavy atom. The van der Waals surface area contributed by atoms with Crippen molar-refractivity contribution in [3.63, 3.8) is 0 Å². The zero-order valence-electron chi connectivity index (χ0n) is 22.6. The average molecular weight is 560 g/mol. The summed E-state index contributed by atoms with van der Waals surface area (Å²) in [7, 11) is 0. The fourth-order valence-electron chi connectivity index (χ4n) is 4.88. The molecular weight excluding hydrogens is 525 g/mol. The van der Waals surface area contributed by atoms with Crippen LogP contribution in [-0.2, 0) is 4.79 Å². The summed E-state index contributed by atoms with van der Waals surface area (Å²) in [4.78, 5) is 33.9. The van der Waals surface area contributed by atoms with Crippen LogP contribution in [0.1, 0.15) is 49.0 Å². The molecule has 0 spiro atoms. The molecule has 0 saturated heterocycles. The number of anilines is 3. The summed E-state index contributed by atoms with van der Waals surface area (Å²) in [5.41, 5.74) is 8.18. The molecule has 0 aliphatic heterocycles. The molecule has 5 rings (SSSR count). The highest BCUT2D eigenvalue weighted by molar-refractivity contribution is 6.03. The molecule has 12 heteroatoms. The predicted octanol–water partition coefficient (Wildman–Crippen LogP) is 3.56. The Hall–Kier alpha value is -4.58. The number of pyridine rings is 1. The van der Waals surface area contributed by atoms with Gasteiger partial charge in [0.2, 0.25) is 5.91 Å². The Labute approximate surface area is 237 Å². The minimum absolute atomic E-state index is 0.0152. The fraction of sp³-hybridized carbons (Fsp3) is 0.345. The zero-order chi connectivity index (χ0) is 28.9. The van der Waals surface area contributed by atoms with Gasteiger partial charge in [-0.2, -0.15) is 0 Å². The Balaban J connectivity index is 1.27. The molecule has 2 amide bonds. The first-order chi connectivity index (χ1) is 19.9. The second-order valence-electron chi connectivity index (χ2n) is 10.3. The topological polar surface area (TPSA) is 151 Å². The minimum atomic E-state index is -0.800. The van der Waals surface area contributed by atoms with Gasteiger partial charge in [0.15, 0.2) is 17.2 Å². The lowest BCUT2D eigenvalue weighted by Gasteiger charge is -2.30. The molecule has 214 valence electrons. The van der Waals surface area contributed by atoms with Crippen molar-refractivity contribution in [2.75, 3.05) is 16.0 Å². The van der Waals surface area contributed by atoms with Crippen LogP contribution in [-0.4, -0.2) is 55.6 Å². The van der Waals surface area contributed by atoms with Gasteiger partial charge in [0.1, 0.15) is 11.9 Å². The maximum absolute atomic E-state index is 14.1. The summed E-state index contributed by atoms with van der Waals surface area (Å²) >= 11 is 0. The van der Waals surface area contributed by atoms with Gasteiger partial charge in [-0.25, -0.2) is 13.9 Å². The number of nitrogens with one attached hydrogen (secondary N) is 4. The molecule has 2 aliphatic carbocycles. The van der Waals surface area contributed by atoms with Gasteiger partial charge in [0, 0.05) is 30.4 Å². The molecule has 3 aromatic rings. The third-order valence-electron chi connectivity index (χ3n) is 7.27. The van der Waals surface area contributed by atoms with Gasteiger partial charge in [-0.3, -0.25) is 14.6 Å². The van der Waals surface area contributed by atoms with E-state index >= 15 is 0 Å². The second kappa shape index (κ2) is 12.3. The molecule has 0 unspecified atom stereocenters. The van der Waals surface area contributed by atoms with Crippen LogP contribution < -0.4 is 27.0 Å². The number of carbonyl (C=O) groups is 2. The Morgan fingerprint density at radius 3 is 2.44 bits per heavy atom. The van der Waals surface area contributed by atoms with Crippen LogP contribution in [0.5, 0.6) is 0 Å². The Kier molecular flexibility index (Phi) is 8.39. The number of rotatable bonds is 11. The first-order valence-corrected chi connectivity index (χ1v) is 13.7. The zero-order valence-corrected chi connectivity index (χ0v) is 22.6. The summed E-state index contributed by atoms with van der Waals surface area (Å²) in [6, 6.07) is 2.97. The van der Waals surface area contributed by atoms with Gasteiger partial charge < -0.3 is 27.0 Å². The normalized spacial score (nSPS) is 19.7. The monoisotopic (exact) mass is 559 g/mol. The fourth-order valence-corrected chi connectivity index (χ4v) is 4.88. The molecule has 3 aromatic heterocycles. The lowest BCUT2D eigenvalue weighted by molar-refractivity contribution is -0.122. The Bertz CT molecular complexity index is 1490. The molecule has 2 saturated carbocycles. The lowest BCUT2D eigenvalue weighted by Crippen LogP contribution is -2.47. The van der Waals surface area contributed by atoms with E-state index in [-0.39, 0.29) is 29.4 Å². The van der Waals surface area contributed by atoms with E-state index in [0.29, 0.717) is 23.1 Å². The summed E-state index contributed by atoms with van der Waals surface area (Å²) in [5.74, 6) is -0.830. The minimum Gasteiger partial charge on any atom is -0.379 e. The van der Waals surface area contributed by atoms with Crippen molar-refractivity contribution < 1.29 is 14.0 Å². The molecule has 2 aliphatic rings. The van der Waals surface area contributed by atoms with Gasteiger partial charge >= 0.3 is 0 Å². The number of aromatic nitrogens is 4. The number of nitrogens with zero attached hydrogens (tertiary/aromatic N) is 4. The molecule has 2 fully saturated rings. The van der Waals surface area contributed by atoms with Crippen molar-refractivity contribution in [3.05, 3.63) is 79.2 Å². The van der Waals surface area contributed by atoms with Crippen molar-refractivity contribution >= 4 is 34.7 Å². The van der Waals surface area contributed by atoms with E-state index in [2.05, 4.69) is 49.5 Å². The number of nitrogens with two attached hydrogens (primary N) is 1. The molecule has 0 bridgehead atoms. The predicted molar refractivity (Wildman–Crippen MR) is 156 cm³/mol. The Morgan fingerprint density at radius 1 is 1.05 bits per heavy atom. The standard InChI is InChI=1S/C29H34FN9O2/c1-3-5-17(4-2)26(31)29(41)36-20-10-8-19(9-11-20)35-25-14-23(34-18-6-7-18)27-33-16-24(39(27)38-25)28(40)37-22-12-13-32-15-21(22)30/h3-5,12-16,18-20,26,34H,1-2,6-11,31H2,(H,35,38)(H,36,41)(H,32,37,40)/b17-5+/t19?,20?,26-/m0/s1. The van der Waals surface area contributed by atoms with E-state index in [1.54, 1.807) is 18.2 Å². The number of amides is 2. The number of imidazole rings is 1. The van der Waals surface area contributed by atoms with Gasteiger partial charge in [-0.15, -0.1) is 5.10 Å². The van der Waals surface area contributed by atoms with Crippen LogP contribution in [0.25, 0.3) is 5.65 Å². The van der Waals surface area contributed by atoms with E-state index in [0.717, 1.165) is 50.4 Å². The summed E-state index contributed by atoms with van der Waals surface area (Å²) < 4.78 is 15.6. The second-order valence-corrected chi connectivity index (χ2v) is 10.3. The molecule has 0 aromatic carbocycles. The largest absolute Gasteiger partial charge is 0.379 e. The number of halogens is 1. The van der Waals surface area contributed by atoms with E-state index in [1.165, 1.54) is 23.0 Å². The number of fused-ring (bicyclic) bond motifs is 1. The van der Waals surface area contributed by atoms with Gasteiger partial charge in [0.25, 0.3) is 5.91 Å². The quantitative estimate of drug-likeness (QED) is 0.224. The summed E-state index contributed by atoms with van der Waals surface area (Å²) in [5, 5.41) is 17.2. The SMILES string of the molecule is C=C/C=C(\C=C)[C@H](N)C(=O)NC1CCC(Nc2cc(NC3CC3)c3ncc(C(=O)Nc4ccncc4F)n3n2)CC1. The van der Waals surface area contributed by atoms with E-state index < -0.39 is 17.8 Å². The first-order valence-electron chi connectivity index (χ1n) is 13.7. The lowest BCUT2D eigenvalue weighted by atomic mass is 9.90. The van der Waals surface area contributed by atoms with Crippen molar-refractivity contribution in [1.82, 2.24) is 24.9 Å². The first kappa shape index (κ1) is 28.0. The molecular formula is C29H34FN9O2. The van der Waals surface area contributed by atoms with Crippen LogP contribution in [0.3, 0.4) is 0 Å². The summed E-state index contributed by atoms with van der Waals surface area (Å²) in [6.07, 6.45) is 14.0. The van der Waals surface area contributed by atoms with Gasteiger partial charge in [-0.1, -0.05) is 31.4 Å². The van der Waals surface area contributed by atoms with Crippen LogP contribution in [0.15, 0.2) is 67.7 Å². The summed E-state index contributed by atoms with van der Waals surface area (Å²) in [6.45, 7) is 7.37. The number of hydrogen-bond acceptors (Lipinski definition) is 8. The van der Waals surface area contributed by atoms with Crippen molar-refractivity contribution in [3.8, 4) is 0 Å². The maximum atomic E-state index is 14.1. The number of carbonyl (C=O) groups excluding carboxylic acids is 2. The highest BCUT2D eigenvalue weighted by Crippen LogP contribution is 2.30. The van der Waals surface area contributed by atoms with E-state index in [9.17, 15) is 14.0 Å². The van der Waals surface area contributed by atoms with Crippen LogP contribution in [0, 0.1) is 5.82 Å². The van der Waals surface area contributed by atoms with Crippen LogP contribution in [0.2, 0.25) is 0 Å². The molecule has 1 atom stereocenters. The molecule has 0 radical (unpaired) electrons. The highest BCUT2D eigenvalue weighted by atomic mass is 19.1. The average Bonchev–Trinajstić information content (AvgIpc) is 3.68. The third-order valence-corrected chi connectivity index (χ3v) is 7.27. The number of allylic oxidation sites excluding steroid dienone is 2. The van der Waals surface area contributed by atoms with Gasteiger partial charge in [0.05, 0.1) is 23.8 Å². The van der Waals surface area contributed by atoms with Crippen LogP contribution in [0.4, 0.5) is 21.6 Å². The molecule has 41 heavy (non-hydrogen) atoms. The van der Waals surface area contributed by atoms with E-state index in [1.807, 2.05) is 6.07 Å². The van der Waals surface area contributed by atoms with Crippen molar-refractivity contribution in [1.29, 1.82) is 0 Å². The molecule has 6 N–H and O–H groups in total. The smallest absolute Gasteiger partial charge is 0.276 e.